The van der Waals surface area contributed by atoms with Gasteiger partial charge in [-0.25, -0.2) is 21.6 Å². The Kier molecular flexibility index (Phi) is 4.73. The summed E-state index contributed by atoms with van der Waals surface area (Å²) in [6, 6.07) is 5.02. The van der Waals surface area contributed by atoms with E-state index in [1.54, 1.807) is 0 Å². The highest BCUT2D eigenvalue weighted by atomic mass is 35.7. The van der Waals surface area contributed by atoms with Gasteiger partial charge in [0.25, 0.3) is 9.05 Å². The highest BCUT2D eigenvalue weighted by molar-refractivity contribution is 8.13. The normalized spacial score (nSPS) is 16.2. The highest BCUT2D eigenvalue weighted by Gasteiger charge is 2.21. The highest BCUT2D eigenvalue weighted by Crippen LogP contribution is 2.33. The Labute approximate surface area is 123 Å². The van der Waals surface area contributed by atoms with Gasteiger partial charge in [-0.15, -0.1) is 0 Å². The molecule has 1 aliphatic carbocycles. The van der Waals surface area contributed by atoms with Crippen molar-refractivity contribution in [3.05, 3.63) is 24.3 Å². The van der Waals surface area contributed by atoms with E-state index >= 15 is 0 Å². The fourth-order valence-corrected chi connectivity index (χ4v) is 3.87. The van der Waals surface area contributed by atoms with Gasteiger partial charge in [0.05, 0.1) is 9.79 Å². The molecule has 0 aromatic heterocycles. The fourth-order valence-electron chi connectivity index (χ4n) is 1.88. The van der Waals surface area contributed by atoms with E-state index in [0.717, 1.165) is 24.8 Å². The average Bonchev–Trinajstić information content (AvgIpc) is 3.18. The number of nitrogens with one attached hydrogen (secondary N) is 1. The molecule has 1 aliphatic rings. The fraction of sp³-hybridized carbons (Fsp3) is 0.500. The molecule has 0 spiro atoms. The van der Waals surface area contributed by atoms with Crippen LogP contribution >= 0.6 is 10.7 Å². The number of rotatable bonds is 7. The summed E-state index contributed by atoms with van der Waals surface area (Å²) >= 11 is 0. The minimum atomic E-state index is -3.93. The molecule has 1 fully saturated rings. The van der Waals surface area contributed by atoms with Gasteiger partial charge in [0, 0.05) is 17.2 Å². The van der Waals surface area contributed by atoms with Crippen LogP contribution < -0.4 is 4.72 Å². The summed E-state index contributed by atoms with van der Waals surface area (Å²) < 4.78 is 48.9. The lowest BCUT2D eigenvalue weighted by molar-refractivity contribution is 0.572. The van der Waals surface area contributed by atoms with E-state index in [2.05, 4.69) is 4.72 Å². The predicted octanol–water partition coefficient (Wildman–Crippen LogP) is 2.08. The number of benzene rings is 1. The van der Waals surface area contributed by atoms with Crippen LogP contribution in [0.2, 0.25) is 0 Å². The Morgan fingerprint density at radius 3 is 2.40 bits per heavy atom. The van der Waals surface area contributed by atoms with Gasteiger partial charge in [0.2, 0.25) is 10.0 Å². The molecule has 1 aromatic carbocycles. The van der Waals surface area contributed by atoms with Crippen molar-refractivity contribution >= 4 is 29.8 Å². The first-order chi connectivity index (χ1) is 9.29. The van der Waals surface area contributed by atoms with Crippen LogP contribution in [0.4, 0.5) is 0 Å². The van der Waals surface area contributed by atoms with E-state index in [1.165, 1.54) is 31.0 Å². The molecule has 1 N–H and O–H groups in total. The number of sulfonamides is 1. The third-order valence-corrected chi connectivity index (χ3v) is 5.99. The molecule has 20 heavy (non-hydrogen) atoms. The first kappa shape index (κ1) is 15.8. The van der Waals surface area contributed by atoms with Crippen molar-refractivity contribution in [3.8, 4) is 0 Å². The minimum absolute atomic E-state index is 0.0920. The van der Waals surface area contributed by atoms with Gasteiger partial charge in [0.1, 0.15) is 0 Å². The van der Waals surface area contributed by atoms with E-state index in [9.17, 15) is 16.8 Å². The molecule has 0 radical (unpaired) electrons. The zero-order valence-electron chi connectivity index (χ0n) is 10.7. The number of hydrogen-bond acceptors (Lipinski definition) is 4. The topological polar surface area (TPSA) is 80.3 Å². The second kappa shape index (κ2) is 6.01. The molecule has 0 amide bonds. The second-order valence-electron chi connectivity index (χ2n) is 4.90. The Balaban J connectivity index is 2.04. The summed E-state index contributed by atoms with van der Waals surface area (Å²) in [6.45, 7) is 0.358. The van der Waals surface area contributed by atoms with Crippen molar-refractivity contribution in [2.45, 2.75) is 35.5 Å². The lowest BCUT2D eigenvalue weighted by atomic mass is 10.2. The van der Waals surface area contributed by atoms with Gasteiger partial charge in [-0.2, -0.15) is 0 Å². The molecule has 0 aliphatic heterocycles. The van der Waals surface area contributed by atoms with Crippen LogP contribution in [0.15, 0.2) is 34.1 Å². The van der Waals surface area contributed by atoms with Crippen LogP contribution in [-0.4, -0.2) is 23.4 Å². The molecule has 5 nitrogen and oxygen atoms in total. The van der Waals surface area contributed by atoms with Crippen molar-refractivity contribution in [2.75, 3.05) is 6.54 Å². The second-order valence-corrected chi connectivity index (χ2v) is 9.23. The molecule has 8 heteroatoms. The Morgan fingerprint density at radius 1 is 1.15 bits per heavy atom. The monoisotopic (exact) mass is 337 g/mol. The zero-order valence-corrected chi connectivity index (χ0v) is 13.1. The first-order valence-corrected chi connectivity index (χ1v) is 10.1. The van der Waals surface area contributed by atoms with Crippen molar-refractivity contribution < 1.29 is 16.8 Å². The lowest BCUT2D eigenvalue weighted by Gasteiger charge is -2.07. The number of hydrogen-bond donors (Lipinski definition) is 1. The van der Waals surface area contributed by atoms with Crippen molar-refractivity contribution in [1.82, 2.24) is 4.72 Å². The molecule has 2 rings (SSSR count). The molecule has 1 aromatic rings. The summed E-state index contributed by atoms with van der Waals surface area (Å²) in [5.41, 5.74) is 0. The maximum Gasteiger partial charge on any atom is 0.261 e. The van der Waals surface area contributed by atoms with E-state index in [0.29, 0.717) is 6.54 Å². The Hall–Kier alpha value is -0.630. The van der Waals surface area contributed by atoms with Gasteiger partial charge in [-0.3, -0.25) is 0 Å². The van der Waals surface area contributed by atoms with Gasteiger partial charge in [-0.05, 0) is 37.0 Å². The third-order valence-electron chi connectivity index (χ3n) is 3.18. The summed E-state index contributed by atoms with van der Waals surface area (Å²) in [6.07, 6.45) is 4.29. The van der Waals surface area contributed by atoms with E-state index in [1.807, 2.05) is 0 Å². The smallest absolute Gasteiger partial charge is 0.211 e. The van der Waals surface area contributed by atoms with Gasteiger partial charge < -0.3 is 0 Å². The van der Waals surface area contributed by atoms with E-state index in [4.69, 9.17) is 10.7 Å². The maximum atomic E-state index is 12.0. The van der Waals surface area contributed by atoms with Crippen LogP contribution in [0.25, 0.3) is 0 Å². The Bertz CT molecular complexity index is 681. The van der Waals surface area contributed by atoms with Crippen molar-refractivity contribution in [1.29, 1.82) is 0 Å². The van der Waals surface area contributed by atoms with Crippen LogP contribution in [-0.2, 0) is 19.1 Å². The van der Waals surface area contributed by atoms with Crippen molar-refractivity contribution in [2.24, 2.45) is 5.92 Å². The summed E-state index contributed by atoms with van der Waals surface area (Å²) in [5, 5.41) is 0. The summed E-state index contributed by atoms with van der Waals surface area (Å²) in [4.78, 5) is -0.314. The van der Waals surface area contributed by atoms with E-state index < -0.39 is 19.1 Å². The van der Waals surface area contributed by atoms with Crippen LogP contribution in [0.5, 0.6) is 0 Å². The molecule has 0 saturated heterocycles. The lowest BCUT2D eigenvalue weighted by Crippen LogP contribution is -2.25. The average molecular weight is 338 g/mol. The molecule has 0 atom stereocenters. The molecule has 112 valence electrons. The third kappa shape index (κ3) is 4.44. The Morgan fingerprint density at radius 2 is 1.80 bits per heavy atom. The molecular formula is C12H16ClNO4S2. The van der Waals surface area contributed by atoms with Crippen LogP contribution in [0, 0.1) is 5.92 Å². The summed E-state index contributed by atoms with van der Waals surface area (Å²) in [7, 11) is -2.42. The van der Waals surface area contributed by atoms with Gasteiger partial charge >= 0.3 is 0 Å². The zero-order chi connectivity index (χ0) is 14.8. The standard InChI is InChI=1S/C12H16ClNO4S2/c13-19(15,16)11-4-1-5-12(9-11)20(17,18)14-8-2-3-10-6-7-10/h1,4-5,9-10,14H,2-3,6-8H2. The quantitative estimate of drug-likeness (QED) is 0.610. The SMILES string of the molecule is O=S(=O)(Cl)c1cccc(S(=O)(=O)NCCCC2CC2)c1. The number of halogens is 1. The molecule has 0 bridgehead atoms. The molecule has 1 saturated carbocycles. The first-order valence-electron chi connectivity index (χ1n) is 6.33. The van der Waals surface area contributed by atoms with E-state index in [-0.39, 0.29) is 9.79 Å². The maximum absolute atomic E-state index is 12.0. The van der Waals surface area contributed by atoms with Crippen LogP contribution in [0.1, 0.15) is 25.7 Å². The largest absolute Gasteiger partial charge is 0.261 e. The molecule has 0 unspecified atom stereocenters. The predicted molar refractivity (Wildman–Crippen MR) is 76.6 cm³/mol. The minimum Gasteiger partial charge on any atom is -0.211 e. The molecular weight excluding hydrogens is 322 g/mol. The van der Waals surface area contributed by atoms with Gasteiger partial charge in [0.15, 0.2) is 0 Å². The van der Waals surface area contributed by atoms with Gasteiger partial charge in [-0.1, -0.05) is 18.9 Å². The van der Waals surface area contributed by atoms with Crippen molar-refractivity contribution in [3.63, 3.8) is 0 Å². The molecule has 0 heterocycles. The van der Waals surface area contributed by atoms with Crippen LogP contribution in [0.3, 0.4) is 0 Å². The summed E-state index contributed by atoms with van der Waals surface area (Å²) in [5.74, 6) is 0.754.